The molecule has 0 N–H and O–H groups in total. The van der Waals surface area contributed by atoms with Crippen LogP contribution in [-0.2, 0) is 5.41 Å². The van der Waals surface area contributed by atoms with Gasteiger partial charge in [0.2, 0.25) is 0 Å². The van der Waals surface area contributed by atoms with Crippen molar-refractivity contribution in [2.24, 2.45) is 5.92 Å². The lowest BCUT2D eigenvalue weighted by Gasteiger charge is -2.29. The molecule has 4 aliphatic rings. The molecule has 0 fully saturated rings. The summed E-state index contributed by atoms with van der Waals surface area (Å²) in [6.07, 6.45) is 19.2. The fourth-order valence-electron chi connectivity index (χ4n) is 5.05. The van der Waals surface area contributed by atoms with E-state index in [1.807, 2.05) is 0 Å². The second-order valence-electron chi connectivity index (χ2n) is 8.47. The van der Waals surface area contributed by atoms with Gasteiger partial charge in [-0.05, 0) is 83.1 Å². The number of rotatable bonds is 2. The van der Waals surface area contributed by atoms with Crippen molar-refractivity contribution in [2.75, 3.05) is 0 Å². The average molecular weight is 342 g/mol. The highest BCUT2D eigenvalue weighted by Crippen LogP contribution is 2.53. The van der Waals surface area contributed by atoms with Gasteiger partial charge in [-0.1, -0.05) is 50.3 Å². The van der Waals surface area contributed by atoms with Crippen LogP contribution < -0.4 is 4.74 Å². The molecule has 1 aromatic carbocycles. The van der Waals surface area contributed by atoms with Crippen LogP contribution in [0.2, 0.25) is 0 Å². The van der Waals surface area contributed by atoms with E-state index < -0.39 is 0 Å². The Hall–Kier alpha value is -2.28. The Labute approximate surface area is 156 Å². The van der Waals surface area contributed by atoms with Crippen molar-refractivity contribution in [3.05, 3.63) is 82.7 Å². The third kappa shape index (κ3) is 2.45. The van der Waals surface area contributed by atoms with Crippen molar-refractivity contribution in [3.8, 4) is 5.75 Å². The van der Waals surface area contributed by atoms with Crippen LogP contribution in [-0.4, -0.2) is 0 Å². The molecule has 0 aromatic heterocycles. The van der Waals surface area contributed by atoms with Crippen LogP contribution in [0.1, 0.15) is 57.1 Å². The average Bonchev–Trinajstić information content (AvgIpc) is 2.89. The van der Waals surface area contributed by atoms with Crippen molar-refractivity contribution in [1.29, 1.82) is 0 Å². The second-order valence-corrected chi connectivity index (χ2v) is 8.47. The topological polar surface area (TPSA) is 9.23 Å². The van der Waals surface area contributed by atoms with Crippen molar-refractivity contribution < 1.29 is 4.74 Å². The van der Waals surface area contributed by atoms with E-state index >= 15 is 0 Å². The van der Waals surface area contributed by atoms with Gasteiger partial charge in [0.25, 0.3) is 0 Å². The van der Waals surface area contributed by atoms with E-state index in [4.69, 9.17) is 4.74 Å². The largest absolute Gasteiger partial charge is 0.462 e. The van der Waals surface area contributed by atoms with Gasteiger partial charge in [0.05, 0.1) is 0 Å². The molecule has 0 saturated carbocycles. The van der Waals surface area contributed by atoms with Crippen LogP contribution in [0, 0.1) is 5.92 Å². The van der Waals surface area contributed by atoms with Crippen LogP contribution in [0.3, 0.4) is 0 Å². The van der Waals surface area contributed by atoms with Gasteiger partial charge >= 0.3 is 0 Å². The molecule has 5 rings (SSSR count). The lowest BCUT2D eigenvalue weighted by atomic mass is 9.75. The zero-order valence-corrected chi connectivity index (χ0v) is 15.7. The van der Waals surface area contributed by atoms with E-state index in [0.717, 1.165) is 43.6 Å². The van der Waals surface area contributed by atoms with Crippen LogP contribution >= 0.6 is 0 Å². The Balaban J connectivity index is 1.46. The summed E-state index contributed by atoms with van der Waals surface area (Å²) in [5.74, 6) is 2.70. The molecule has 1 unspecified atom stereocenters. The van der Waals surface area contributed by atoms with E-state index in [-0.39, 0.29) is 5.41 Å². The highest BCUT2D eigenvalue weighted by molar-refractivity contribution is 5.80. The fraction of sp³-hybridized carbons (Fsp3) is 0.360. The molecule has 132 valence electrons. The Bertz CT molecular complexity index is 917. The van der Waals surface area contributed by atoms with Crippen LogP contribution in [0.5, 0.6) is 5.75 Å². The molecule has 0 amide bonds. The Morgan fingerprint density at radius 2 is 1.96 bits per heavy atom. The zero-order valence-electron chi connectivity index (χ0n) is 15.7. The highest BCUT2D eigenvalue weighted by atomic mass is 16.5. The molecule has 1 atom stereocenters. The maximum Gasteiger partial charge on any atom is 0.127 e. The van der Waals surface area contributed by atoms with Crippen molar-refractivity contribution in [2.45, 2.75) is 51.4 Å². The first-order valence-corrected chi connectivity index (χ1v) is 9.91. The number of fused-ring (bicyclic) bond motifs is 3. The van der Waals surface area contributed by atoms with Gasteiger partial charge in [-0.15, -0.1) is 0 Å². The minimum absolute atomic E-state index is 0.163. The number of hydrogen-bond acceptors (Lipinski definition) is 1. The quantitative estimate of drug-likeness (QED) is 0.585. The normalized spacial score (nSPS) is 25.2. The summed E-state index contributed by atoms with van der Waals surface area (Å²) in [5.41, 5.74) is 7.49. The summed E-state index contributed by atoms with van der Waals surface area (Å²) in [6, 6.07) is 6.72. The van der Waals surface area contributed by atoms with Gasteiger partial charge in [0, 0.05) is 6.42 Å². The van der Waals surface area contributed by atoms with Crippen LogP contribution in [0.15, 0.2) is 71.6 Å². The first-order valence-electron chi connectivity index (χ1n) is 9.91. The van der Waals surface area contributed by atoms with Gasteiger partial charge in [-0.3, -0.25) is 0 Å². The standard InChI is InChI=1S/C25H26O/c1-25(2)23-10-6-5-9-21(23)22-14-13-20(16-24(22)25)26-19-12-11-17-7-3-4-8-18(17)15-19/h3,5-7,9,13-16,23H,4,8,10-12H2,1-2H3. The lowest BCUT2D eigenvalue weighted by Crippen LogP contribution is -2.23. The molecule has 0 saturated heterocycles. The first kappa shape index (κ1) is 15.9. The molecule has 0 heterocycles. The maximum atomic E-state index is 6.34. The summed E-state index contributed by atoms with van der Waals surface area (Å²) < 4.78 is 6.34. The summed E-state index contributed by atoms with van der Waals surface area (Å²) in [6.45, 7) is 4.76. The van der Waals surface area contributed by atoms with E-state index in [1.165, 1.54) is 27.8 Å². The Morgan fingerprint density at radius 3 is 2.88 bits per heavy atom. The summed E-state index contributed by atoms with van der Waals surface area (Å²) in [4.78, 5) is 0. The Morgan fingerprint density at radius 1 is 1.04 bits per heavy atom. The molecule has 1 nitrogen and oxygen atoms in total. The van der Waals surface area contributed by atoms with Gasteiger partial charge in [0.15, 0.2) is 0 Å². The molecular weight excluding hydrogens is 316 g/mol. The molecule has 1 aromatic rings. The predicted octanol–water partition coefficient (Wildman–Crippen LogP) is 6.64. The van der Waals surface area contributed by atoms with Gasteiger partial charge in [-0.25, -0.2) is 0 Å². The van der Waals surface area contributed by atoms with Crippen LogP contribution in [0.4, 0.5) is 0 Å². The van der Waals surface area contributed by atoms with E-state index in [1.54, 1.807) is 0 Å². The summed E-state index contributed by atoms with van der Waals surface area (Å²) >= 11 is 0. The summed E-state index contributed by atoms with van der Waals surface area (Å²) in [7, 11) is 0. The predicted molar refractivity (Wildman–Crippen MR) is 108 cm³/mol. The summed E-state index contributed by atoms with van der Waals surface area (Å²) in [5, 5.41) is 0. The van der Waals surface area contributed by atoms with Crippen LogP contribution in [0.25, 0.3) is 5.57 Å². The third-order valence-corrected chi connectivity index (χ3v) is 6.56. The second kappa shape index (κ2) is 5.87. The van der Waals surface area contributed by atoms with Crippen molar-refractivity contribution >= 4 is 5.57 Å². The highest BCUT2D eigenvalue weighted by Gasteiger charge is 2.42. The molecule has 0 bridgehead atoms. The fourth-order valence-corrected chi connectivity index (χ4v) is 5.05. The maximum absolute atomic E-state index is 6.34. The number of benzene rings is 1. The number of allylic oxidation sites excluding steroid dienone is 10. The van der Waals surface area contributed by atoms with Crippen molar-refractivity contribution in [3.63, 3.8) is 0 Å². The van der Waals surface area contributed by atoms with E-state index in [9.17, 15) is 0 Å². The number of hydrogen-bond donors (Lipinski definition) is 0. The van der Waals surface area contributed by atoms with E-state index in [0.29, 0.717) is 5.92 Å². The molecule has 0 radical (unpaired) electrons. The minimum Gasteiger partial charge on any atom is -0.462 e. The lowest BCUT2D eigenvalue weighted by molar-refractivity contribution is 0.391. The molecule has 26 heavy (non-hydrogen) atoms. The minimum atomic E-state index is 0.163. The molecule has 1 heteroatoms. The van der Waals surface area contributed by atoms with Gasteiger partial charge in [0.1, 0.15) is 11.5 Å². The third-order valence-electron chi connectivity index (χ3n) is 6.56. The first-order chi connectivity index (χ1) is 12.6. The van der Waals surface area contributed by atoms with Gasteiger partial charge in [-0.2, -0.15) is 0 Å². The monoisotopic (exact) mass is 342 g/mol. The molecule has 0 spiro atoms. The molecule has 0 aliphatic heterocycles. The van der Waals surface area contributed by atoms with Gasteiger partial charge < -0.3 is 4.74 Å². The number of ether oxygens (including phenoxy) is 1. The molecular formula is C25H26O. The smallest absolute Gasteiger partial charge is 0.127 e. The van der Waals surface area contributed by atoms with E-state index in [2.05, 4.69) is 68.5 Å². The SMILES string of the molecule is CC1(C)c2cc(OC3=CC4=C(C=CCC4)CC3)ccc2C2=CC=CCC21. The zero-order chi connectivity index (χ0) is 17.7. The van der Waals surface area contributed by atoms with Crippen molar-refractivity contribution in [1.82, 2.24) is 0 Å². The Kier molecular flexibility index (Phi) is 3.60. The molecule has 4 aliphatic carbocycles.